The standard InChI is InChI=1S/C11H7BrF2N2/c12-7-1-2-8(13)10(11(7)14)9-5-6(15)3-4-16-9/h1-5H,(H2,15,16). The van der Waals surface area contributed by atoms with Gasteiger partial charge in [0, 0.05) is 11.9 Å². The Hall–Kier alpha value is -1.49. The van der Waals surface area contributed by atoms with E-state index < -0.39 is 11.6 Å². The average molecular weight is 285 g/mol. The number of nitrogens with two attached hydrogens (primary N) is 1. The topological polar surface area (TPSA) is 38.9 Å². The zero-order chi connectivity index (χ0) is 11.7. The van der Waals surface area contributed by atoms with Gasteiger partial charge in [0.1, 0.15) is 11.6 Å². The number of rotatable bonds is 1. The van der Waals surface area contributed by atoms with Gasteiger partial charge in [-0.1, -0.05) is 0 Å². The molecule has 0 spiro atoms. The molecule has 0 atom stereocenters. The molecular formula is C11H7BrF2N2. The first kappa shape index (κ1) is 11.0. The molecule has 16 heavy (non-hydrogen) atoms. The van der Waals surface area contributed by atoms with Gasteiger partial charge in [-0.25, -0.2) is 8.78 Å². The summed E-state index contributed by atoms with van der Waals surface area (Å²) in [5.74, 6) is -1.35. The van der Waals surface area contributed by atoms with Crippen LogP contribution < -0.4 is 5.73 Å². The molecule has 2 nitrogen and oxygen atoms in total. The van der Waals surface area contributed by atoms with Crippen molar-refractivity contribution in [3.8, 4) is 11.3 Å². The van der Waals surface area contributed by atoms with E-state index in [-0.39, 0.29) is 15.7 Å². The first-order valence-electron chi connectivity index (χ1n) is 4.45. The Morgan fingerprint density at radius 1 is 1.19 bits per heavy atom. The van der Waals surface area contributed by atoms with E-state index in [9.17, 15) is 8.78 Å². The molecule has 5 heteroatoms. The molecule has 2 N–H and O–H groups in total. The largest absolute Gasteiger partial charge is 0.399 e. The van der Waals surface area contributed by atoms with Crippen molar-refractivity contribution in [2.75, 3.05) is 5.73 Å². The predicted octanol–water partition coefficient (Wildman–Crippen LogP) is 3.37. The highest BCUT2D eigenvalue weighted by atomic mass is 79.9. The van der Waals surface area contributed by atoms with Crippen LogP contribution >= 0.6 is 15.9 Å². The summed E-state index contributed by atoms with van der Waals surface area (Å²) in [5.41, 5.74) is 5.94. The summed E-state index contributed by atoms with van der Waals surface area (Å²) in [6.45, 7) is 0. The molecule has 1 aromatic heterocycles. The summed E-state index contributed by atoms with van der Waals surface area (Å²) in [6.07, 6.45) is 1.41. The van der Waals surface area contributed by atoms with Crippen LogP contribution in [0.15, 0.2) is 34.9 Å². The number of nitrogens with zero attached hydrogens (tertiary/aromatic N) is 1. The third-order valence-electron chi connectivity index (χ3n) is 2.08. The van der Waals surface area contributed by atoms with Gasteiger partial charge < -0.3 is 5.73 Å². The van der Waals surface area contributed by atoms with Crippen molar-refractivity contribution < 1.29 is 8.78 Å². The molecule has 1 aromatic carbocycles. The molecule has 0 aliphatic carbocycles. The summed E-state index contributed by atoms with van der Waals surface area (Å²) < 4.78 is 27.4. The molecule has 0 bridgehead atoms. The Balaban J connectivity index is 2.68. The minimum absolute atomic E-state index is 0.177. The third-order valence-corrected chi connectivity index (χ3v) is 2.70. The maximum atomic E-state index is 13.7. The van der Waals surface area contributed by atoms with Crippen LogP contribution in [0.4, 0.5) is 14.5 Å². The fourth-order valence-corrected chi connectivity index (χ4v) is 1.68. The molecule has 0 amide bonds. The van der Waals surface area contributed by atoms with Crippen molar-refractivity contribution in [2.45, 2.75) is 0 Å². The van der Waals surface area contributed by atoms with E-state index in [0.29, 0.717) is 5.69 Å². The van der Waals surface area contributed by atoms with E-state index in [1.54, 1.807) is 6.07 Å². The van der Waals surface area contributed by atoms with Gasteiger partial charge >= 0.3 is 0 Å². The lowest BCUT2D eigenvalue weighted by atomic mass is 10.1. The number of pyridine rings is 1. The minimum Gasteiger partial charge on any atom is -0.399 e. The number of benzene rings is 1. The second-order valence-electron chi connectivity index (χ2n) is 3.19. The quantitative estimate of drug-likeness (QED) is 0.816. The number of nitrogen functional groups attached to an aromatic ring is 1. The molecule has 0 aliphatic rings. The van der Waals surface area contributed by atoms with Crippen molar-refractivity contribution in [1.82, 2.24) is 4.98 Å². The molecule has 0 radical (unpaired) electrons. The fraction of sp³-hybridized carbons (Fsp3) is 0. The highest BCUT2D eigenvalue weighted by Crippen LogP contribution is 2.29. The van der Waals surface area contributed by atoms with Crippen LogP contribution in [0.1, 0.15) is 0 Å². The van der Waals surface area contributed by atoms with E-state index in [1.165, 1.54) is 24.4 Å². The second kappa shape index (κ2) is 4.17. The van der Waals surface area contributed by atoms with Crippen molar-refractivity contribution in [3.05, 3.63) is 46.6 Å². The third kappa shape index (κ3) is 1.90. The van der Waals surface area contributed by atoms with Crippen LogP contribution in [0.3, 0.4) is 0 Å². The lowest BCUT2D eigenvalue weighted by Gasteiger charge is -2.06. The number of aromatic nitrogens is 1. The van der Waals surface area contributed by atoms with Gasteiger partial charge in [0.25, 0.3) is 0 Å². The first-order valence-corrected chi connectivity index (χ1v) is 5.24. The van der Waals surface area contributed by atoms with Gasteiger partial charge in [-0.2, -0.15) is 0 Å². The number of halogens is 3. The Morgan fingerprint density at radius 3 is 2.62 bits per heavy atom. The summed E-state index contributed by atoms with van der Waals surface area (Å²) in [6, 6.07) is 5.46. The highest BCUT2D eigenvalue weighted by Gasteiger charge is 2.15. The number of hydrogen-bond donors (Lipinski definition) is 1. The molecule has 2 aromatic rings. The molecule has 2 rings (SSSR count). The zero-order valence-electron chi connectivity index (χ0n) is 8.05. The van der Waals surface area contributed by atoms with Gasteiger partial charge in [0.05, 0.1) is 15.7 Å². The Labute approximate surface area is 99.2 Å². The SMILES string of the molecule is Nc1ccnc(-c2c(F)ccc(Br)c2F)c1. The predicted molar refractivity (Wildman–Crippen MR) is 61.7 cm³/mol. The second-order valence-corrected chi connectivity index (χ2v) is 4.05. The normalized spacial score (nSPS) is 10.4. The maximum Gasteiger partial charge on any atom is 0.149 e. The van der Waals surface area contributed by atoms with E-state index in [0.717, 1.165) is 0 Å². The van der Waals surface area contributed by atoms with Crippen molar-refractivity contribution in [3.63, 3.8) is 0 Å². The Kier molecular flexibility index (Phi) is 2.87. The smallest absolute Gasteiger partial charge is 0.149 e. The highest BCUT2D eigenvalue weighted by molar-refractivity contribution is 9.10. The lowest BCUT2D eigenvalue weighted by Crippen LogP contribution is -1.95. The Morgan fingerprint density at radius 2 is 1.94 bits per heavy atom. The Bertz CT molecular complexity index is 544. The summed E-state index contributed by atoms with van der Waals surface area (Å²) in [4.78, 5) is 3.89. The van der Waals surface area contributed by atoms with E-state index in [2.05, 4.69) is 20.9 Å². The molecule has 82 valence electrons. The van der Waals surface area contributed by atoms with Crippen LogP contribution in [0.25, 0.3) is 11.3 Å². The fourth-order valence-electron chi connectivity index (χ4n) is 1.35. The van der Waals surface area contributed by atoms with Crippen LogP contribution in [0.5, 0.6) is 0 Å². The maximum absolute atomic E-state index is 13.7. The minimum atomic E-state index is -0.682. The van der Waals surface area contributed by atoms with Crippen LogP contribution in [-0.4, -0.2) is 4.98 Å². The van der Waals surface area contributed by atoms with Gasteiger partial charge in [0.2, 0.25) is 0 Å². The van der Waals surface area contributed by atoms with Gasteiger partial charge in [-0.3, -0.25) is 4.98 Å². The molecule has 1 heterocycles. The van der Waals surface area contributed by atoms with Gasteiger partial charge in [-0.15, -0.1) is 0 Å². The van der Waals surface area contributed by atoms with Crippen molar-refractivity contribution >= 4 is 21.6 Å². The lowest BCUT2D eigenvalue weighted by molar-refractivity contribution is 0.584. The molecule has 0 saturated carbocycles. The van der Waals surface area contributed by atoms with E-state index in [1.807, 2.05) is 0 Å². The van der Waals surface area contributed by atoms with Crippen molar-refractivity contribution in [2.24, 2.45) is 0 Å². The van der Waals surface area contributed by atoms with Crippen LogP contribution in [-0.2, 0) is 0 Å². The first-order chi connectivity index (χ1) is 7.59. The van der Waals surface area contributed by atoms with Crippen LogP contribution in [0, 0.1) is 11.6 Å². The molecule has 0 fully saturated rings. The average Bonchev–Trinajstić information content (AvgIpc) is 2.24. The molecule has 0 unspecified atom stereocenters. The summed E-state index contributed by atoms with van der Waals surface area (Å²) in [7, 11) is 0. The molecule has 0 aliphatic heterocycles. The van der Waals surface area contributed by atoms with Gasteiger partial charge in [-0.05, 0) is 40.2 Å². The van der Waals surface area contributed by atoms with Crippen LogP contribution in [0.2, 0.25) is 0 Å². The zero-order valence-corrected chi connectivity index (χ0v) is 9.63. The van der Waals surface area contributed by atoms with E-state index in [4.69, 9.17) is 5.73 Å². The van der Waals surface area contributed by atoms with Crippen molar-refractivity contribution in [1.29, 1.82) is 0 Å². The monoisotopic (exact) mass is 284 g/mol. The summed E-state index contributed by atoms with van der Waals surface area (Å²) in [5, 5.41) is 0. The van der Waals surface area contributed by atoms with E-state index >= 15 is 0 Å². The number of hydrogen-bond acceptors (Lipinski definition) is 2. The summed E-state index contributed by atoms with van der Waals surface area (Å²) >= 11 is 3.00. The molecule has 0 saturated heterocycles. The number of anilines is 1. The molecular weight excluding hydrogens is 278 g/mol. The van der Waals surface area contributed by atoms with Gasteiger partial charge in [0.15, 0.2) is 0 Å².